The number of nitrogens with zero attached hydrogens (tertiary/aromatic N) is 1. The normalized spacial score (nSPS) is 10.2. The Labute approximate surface area is 109 Å². The van der Waals surface area contributed by atoms with Gasteiger partial charge in [-0.15, -0.1) is 0 Å². The molecule has 0 fully saturated rings. The zero-order valence-corrected chi connectivity index (χ0v) is 10.3. The first-order valence-electron chi connectivity index (χ1n) is 5.73. The zero-order valence-electron chi connectivity index (χ0n) is 10.3. The van der Waals surface area contributed by atoms with Crippen molar-refractivity contribution in [2.45, 2.75) is 13.5 Å². The molecular formula is C13H13NO5. The first kappa shape index (κ1) is 12.9. The summed E-state index contributed by atoms with van der Waals surface area (Å²) in [6.45, 7) is 2.58. The fraction of sp³-hybridized carbons (Fsp3) is 0.231. The largest absolute Gasteiger partial charge is 0.494 e. The summed E-state index contributed by atoms with van der Waals surface area (Å²) in [4.78, 5) is 10.6. The highest BCUT2D eigenvalue weighted by molar-refractivity contribution is 5.85. The number of ether oxygens (including phenoxy) is 2. The second-order valence-corrected chi connectivity index (χ2v) is 3.68. The van der Waals surface area contributed by atoms with E-state index < -0.39 is 5.97 Å². The van der Waals surface area contributed by atoms with Crippen LogP contribution in [0, 0.1) is 0 Å². The summed E-state index contributed by atoms with van der Waals surface area (Å²) in [6, 6.07) is 8.49. The minimum Gasteiger partial charge on any atom is -0.494 e. The van der Waals surface area contributed by atoms with Gasteiger partial charge in [0.15, 0.2) is 11.5 Å². The van der Waals surface area contributed by atoms with Gasteiger partial charge < -0.3 is 19.1 Å². The number of aromatic nitrogens is 1. The van der Waals surface area contributed by atoms with Crippen LogP contribution in [0.4, 0.5) is 0 Å². The molecule has 0 amide bonds. The molecule has 0 saturated carbocycles. The molecule has 2 rings (SSSR count). The highest BCUT2D eigenvalue weighted by Gasteiger charge is 2.11. The number of hydrogen-bond acceptors (Lipinski definition) is 5. The standard InChI is InChI=1S/C13H13NO5/c1-2-17-9-4-3-5-10(6-9)18-8-11-7-12(13(15)16)14-19-11/h3-7H,2,8H2,1H3,(H,15,16). The number of benzene rings is 1. The Morgan fingerprint density at radius 1 is 1.32 bits per heavy atom. The quantitative estimate of drug-likeness (QED) is 0.861. The van der Waals surface area contributed by atoms with Crippen LogP contribution >= 0.6 is 0 Å². The number of carbonyl (C=O) groups is 1. The maximum Gasteiger partial charge on any atom is 0.358 e. The highest BCUT2D eigenvalue weighted by atomic mass is 16.5. The van der Waals surface area contributed by atoms with Gasteiger partial charge in [-0.1, -0.05) is 11.2 Å². The molecule has 0 spiro atoms. The molecule has 6 nitrogen and oxygen atoms in total. The van der Waals surface area contributed by atoms with Crippen LogP contribution in [0.1, 0.15) is 23.2 Å². The van der Waals surface area contributed by atoms with Crippen LogP contribution in [-0.4, -0.2) is 22.8 Å². The molecule has 6 heteroatoms. The van der Waals surface area contributed by atoms with Gasteiger partial charge in [0, 0.05) is 12.1 Å². The summed E-state index contributed by atoms with van der Waals surface area (Å²) in [5.74, 6) is 0.538. The van der Waals surface area contributed by atoms with Crippen LogP contribution in [0.3, 0.4) is 0 Å². The minimum absolute atomic E-state index is 0.107. The highest BCUT2D eigenvalue weighted by Crippen LogP contribution is 2.20. The van der Waals surface area contributed by atoms with E-state index in [9.17, 15) is 4.79 Å². The lowest BCUT2D eigenvalue weighted by atomic mass is 10.3. The second kappa shape index (κ2) is 5.90. The average molecular weight is 263 g/mol. The Morgan fingerprint density at radius 2 is 2.05 bits per heavy atom. The van der Waals surface area contributed by atoms with E-state index in [2.05, 4.69) is 5.16 Å². The molecule has 0 aliphatic carbocycles. The van der Waals surface area contributed by atoms with Crippen molar-refractivity contribution in [1.82, 2.24) is 5.16 Å². The van der Waals surface area contributed by atoms with Crippen molar-refractivity contribution in [2.24, 2.45) is 0 Å². The molecule has 2 aromatic rings. The van der Waals surface area contributed by atoms with E-state index in [1.807, 2.05) is 19.1 Å². The SMILES string of the molecule is CCOc1cccc(OCc2cc(C(=O)O)no2)c1. The predicted octanol–water partition coefficient (Wildman–Crippen LogP) is 2.35. The zero-order chi connectivity index (χ0) is 13.7. The molecule has 0 atom stereocenters. The molecule has 1 aromatic heterocycles. The maximum atomic E-state index is 10.6. The molecule has 0 saturated heterocycles. The molecule has 0 bridgehead atoms. The van der Waals surface area contributed by atoms with Crippen molar-refractivity contribution in [2.75, 3.05) is 6.61 Å². The second-order valence-electron chi connectivity index (χ2n) is 3.68. The van der Waals surface area contributed by atoms with Crippen molar-refractivity contribution in [1.29, 1.82) is 0 Å². The third-order valence-corrected chi connectivity index (χ3v) is 2.28. The third kappa shape index (κ3) is 3.48. The molecule has 1 heterocycles. The lowest BCUT2D eigenvalue weighted by Gasteiger charge is -2.06. The van der Waals surface area contributed by atoms with Crippen LogP contribution in [0.15, 0.2) is 34.9 Å². The van der Waals surface area contributed by atoms with Crippen LogP contribution in [0.2, 0.25) is 0 Å². The lowest BCUT2D eigenvalue weighted by Crippen LogP contribution is -1.96. The van der Waals surface area contributed by atoms with E-state index in [0.29, 0.717) is 23.9 Å². The van der Waals surface area contributed by atoms with E-state index in [1.54, 1.807) is 12.1 Å². The van der Waals surface area contributed by atoms with Crippen LogP contribution in [0.5, 0.6) is 11.5 Å². The van der Waals surface area contributed by atoms with Crippen molar-refractivity contribution in [3.8, 4) is 11.5 Å². The van der Waals surface area contributed by atoms with Gasteiger partial charge in [0.05, 0.1) is 6.61 Å². The first-order valence-corrected chi connectivity index (χ1v) is 5.73. The Hall–Kier alpha value is -2.50. The molecular weight excluding hydrogens is 250 g/mol. The fourth-order valence-corrected chi connectivity index (χ4v) is 1.46. The summed E-state index contributed by atoms with van der Waals surface area (Å²) in [6.07, 6.45) is 0. The summed E-state index contributed by atoms with van der Waals surface area (Å²) in [7, 11) is 0. The molecule has 0 unspecified atom stereocenters. The number of carboxylic acids is 1. The molecule has 100 valence electrons. The van der Waals surface area contributed by atoms with Crippen LogP contribution < -0.4 is 9.47 Å². The lowest BCUT2D eigenvalue weighted by molar-refractivity contribution is 0.0685. The van der Waals surface area contributed by atoms with Gasteiger partial charge in [-0.25, -0.2) is 4.79 Å². The van der Waals surface area contributed by atoms with Crippen molar-refractivity contribution in [3.05, 3.63) is 41.8 Å². The van der Waals surface area contributed by atoms with Gasteiger partial charge >= 0.3 is 5.97 Å². The minimum atomic E-state index is -1.13. The van der Waals surface area contributed by atoms with Crippen molar-refractivity contribution in [3.63, 3.8) is 0 Å². The summed E-state index contributed by atoms with van der Waals surface area (Å²) in [5.41, 5.74) is -0.137. The summed E-state index contributed by atoms with van der Waals surface area (Å²) in [5, 5.41) is 12.1. The summed E-state index contributed by atoms with van der Waals surface area (Å²) >= 11 is 0. The molecule has 19 heavy (non-hydrogen) atoms. The van der Waals surface area contributed by atoms with Crippen LogP contribution in [-0.2, 0) is 6.61 Å². The van der Waals surface area contributed by atoms with Crippen molar-refractivity contribution >= 4 is 5.97 Å². The van der Waals surface area contributed by atoms with Crippen LogP contribution in [0.25, 0.3) is 0 Å². The van der Waals surface area contributed by atoms with Gasteiger partial charge in [-0.2, -0.15) is 0 Å². The number of carboxylic acid groups (broad SMARTS) is 1. The molecule has 1 aromatic carbocycles. The topological polar surface area (TPSA) is 81.8 Å². The average Bonchev–Trinajstić information content (AvgIpc) is 2.86. The molecule has 1 N–H and O–H groups in total. The van der Waals surface area contributed by atoms with Crippen molar-refractivity contribution < 1.29 is 23.9 Å². The number of hydrogen-bond donors (Lipinski definition) is 1. The monoisotopic (exact) mass is 263 g/mol. The van der Waals surface area contributed by atoms with E-state index in [1.165, 1.54) is 6.07 Å². The molecule has 0 aliphatic rings. The Bertz CT molecular complexity index is 564. The van der Waals surface area contributed by atoms with E-state index in [0.717, 1.165) is 0 Å². The Kier molecular flexibility index (Phi) is 4.02. The Balaban J connectivity index is 1.97. The Morgan fingerprint density at radius 3 is 2.68 bits per heavy atom. The smallest absolute Gasteiger partial charge is 0.358 e. The van der Waals surface area contributed by atoms with Gasteiger partial charge in [0.25, 0.3) is 0 Å². The van der Waals surface area contributed by atoms with Gasteiger partial charge in [0.1, 0.15) is 18.1 Å². The van der Waals surface area contributed by atoms with E-state index >= 15 is 0 Å². The van der Waals surface area contributed by atoms with Gasteiger partial charge in [-0.3, -0.25) is 0 Å². The predicted molar refractivity (Wildman–Crippen MR) is 65.4 cm³/mol. The maximum absolute atomic E-state index is 10.6. The van der Waals surface area contributed by atoms with E-state index in [4.69, 9.17) is 19.1 Å². The molecule has 0 aliphatic heterocycles. The number of aromatic carboxylic acids is 1. The van der Waals surface area contributed by atoms with E-state index in [-0.39, 0.29) is 12.3 Å². The van der Waals surface area contributed by atoms with Gasteiger partial charge in [0.2, 0.25) is 0 Å². The summed E-state index contributed by atoms with van der Waals surface area (Å²) < 4.78 is 15.6. The molecule has 0 radical (unpaired) electrons. The fourth-order valence-electron chi connectivity index (χ4n) is 1.46. The first-order chi connectivity index (χ1) is 9.19. The van der Waals surface area contributed by atoms with Gasteiger partial charge in [-0.05, 0) is 19.1 Å². The number of rotatable bonds is 6. The third-order valence-electron chi connectivity index (χ3n) is 2.28.